The number of imide groups is 1. The Morgan fingerprint density at radius 1 is 0.949 bits per heavy atom. The molecule has 9 heteroatoms. The number of hydrogen-bond donors (Lipinski definition) is 1. The molecule has 0 atom stereocenters. The minimum absolute atomic E-state index is 0.122. The third-order valence-corrected chi connectivity index (χ3v) is 6.83. The van der Waals surface area contributed by atoms with E-state index in [1.165, 1.54) is 4.90 Å². The zero-order chi connectivity index (χ0) is 27.8. The van der Waals surface area contributed by atoms with Gasteiger partial charge in [-0.05, 0) is 65.2 Å². The van der Waals surface area contributed by atoms with Crippen molar-refractivity contribution in [1.29, 1.82) is 0 Å². The number of benzene rings is 3. The summed E-state index contributed by atoms with van der Waals surface area (Å²) in [5.41, 5.74) is 2.56. The van der Waals surface area contributed by atoms with E-state index >= 15 is 0 Å². The molecule has 202 valence electrons. The van der Waals surface area contributed by atoms with Crippen LogP contribution in [-0.4, -0.2) is 48.8 Å². The van der Waals surface area contributed by atoms with Crippen LogP contribution in [0.15, 0.2) is 77.7 Å². The predicted octanol–water partition coefficient (Wildman–Crippen LogP) is 5.95. The number of hydrogen-bond acceptors (Lipinski definition) is 7. The number of carbonyl (C=O) groups is 3. The van der Waals surface area contributed by atoms with Gasteiger partial charge in [0, 0.05) is 5.69 Å². The number of thioether (sulfide) groups is 1. The molecule has 3 aromatic rings. The van der Waals surface area contributed by atoms with Crippen molar-refractivity contribution in [2.24, 2.45) is 0 Å². The van der Waals surface area contributed by atoms with Gasteiger partial charge < -0.3 is 19.5 Å². The van der Waals surface area contributed by atoms with Crippen LogP contribution >= 0.6 is 11.8 Å². The Morgan fingerprint density at radius 3 is 2.36 bits per heavy atom. The number of amides is 3. The number of para-hydroxylation sites is 3. The zero-order valence-electron chi connectivity index (χ0n) is 22.0. The molecule has 0 spiro atoms. The molecule has 0 bridgehead atoms. The summed E-state index contributed by atoms with van der Waals surface area (Å²) >= 11 is 0.887. The van der Waals surface area contributed by atoms with Gasteiger partial charge in [-0.15, -0.1) is 0 Å². The molecule has 1 aliphatic heterocycles. The Labute approximate surface area is 231 Å². The predicted molar refractivity (Wildman–Crippen MR) is 152 cm³/mol. The maximum atomic E-state index is 12.8. The molecule has 0 aliphatic carbocycles. The van der Waals surface area contributed by atoms with Crippen LogP contribution in [0.4, 0.5) is 10.5 Å². The van der Waals surface area contributed by atoms with Crippen LogP contribution in [-0.2, 0) is 9.59 Å². The van der Waals surface area contributed by atoms with Crippen LogP contribution in [0.25, 0.3) is 6.08 Å². The van der Waals surface area contributed by atoms with Gasteiger partial charge in [-0.2, -0.15) is 0 Å². The van der Waals surface area contributed by atoms with E-state index in [0.29, 0.717) is 22.2 Å². The lowest BCUT2D eigenvalue weighted by atomic mass is 10.0. The number of carbonyl (C=O) groups excluding carboxylic acids is 3. The van der Waals surface area contributed by atoms with E-state index in [1.807, 2.05) is 36.4 Å². The fourth-order valence-corrected chi connectivity index (χ4v) is 4.80. The van der Waals surface area contributed by atoms with Crippen LogP contribution in [0.2, 0.25) is 0 Å². The molecule has 0 saturated carbocycles. The molecule has 0 unspecified atom stereocenters. The number of anilines is 1. The normalized spacial score (nSPS) is 14.2. The van der Waals surface area contributed by atoms with Gasteiger partial charge in [-0.1, -0.05) is 56.3 Å². The van der Waals surface area contributed by atoms with Crippen molar-refractivity contribution in [1.82, 2.24) is 4.90 Å². The molecule has 4 rings (SSSR count). The standard InChI is InChI=1S/C30H30N2O6S/c1-20(2)23-8-4-5-9-24(23)31-28(33)19-38-22-14-12-21(13-15-22)18-27-29(34)32(30(35)39-27)16-17-37-26-11-7-6-10-25(26)36-3/h4-15,18,20H,16-17,19H2,1-3H3,(H,31,33)/b27-18-. The Kier molecular flexibility index (Phi) is 9.27. The lowest BCUT2D eigenvalue weighted by Crippen LogP contribution is -2.32. The molecule has 1 aliphatic rings. The Hall–Kier alpha value is -4.24. The molecule has 1 saturated heterocycles. The van der Waals surface area contributed by atoms with E-state index < -0.39 is 0 Å². The van der Waals surface area contributed by atoms with Gasteiger partial charge in [0.25, 0.3) is 17.1 Å². The summed E-state index contributed by atoms with van der Waals surface area (Å²) in [7, 11) is 1.55. The maximum Gasteiger partial charge on any atom is 0.293 e. The highest BCUT2D eigenvalue weighted by atomic mass is 32.2. The van der Waals surface area contributed by atoms with Crippen molar-refractivity contribution in [3.8, 4) is 17.2 Å². The molecular weight excluding hydrogens is 516 g/mol. The van der Waals surface area contributed by atoms with Gasteiger partial charge in [0.2, 0.25) is 0 Å². The second-order valence-electron chi connectivity index (χ2n) is 8.98. The van der Waals surface area contributed by atoms with Crippen molar-refractivity contribution < 1.29 is 28.6 Å². The van der Waals surface area contributed by atoms with E-state index in [9.17, 15) is 14.4 Å². The smallest absolute Gasteiger partial charge is 0.293 e. The summed E-state index contributed by atoms with van der Waals surface area (Å²) in [6.07, 6.45) is 1.66. The monoisotopic (exact) mass is 546 g/mol. The van der Waals surface area contributed by atoms with Gasteiger partial charge >= 0.3 is 0 Å². The highest BCUT2D eigenvalue weighted by Gasteiger charge is 2.34. The van der Waals surface area contributed by atoms with Crippen LogP contribution < -0.4 is 19.5 Å². The first-order chi connectivity index (χ1) is 18.9. The number of nitrogens with one attached hydrogen (secondary N) is 1. The average Bonchev–Trinajstić information content (AvgIpc) is 3.20. The summed E-state index contributed by atoms with van der Waals surface area (Å²) in [5.74, 6) is 1.30. The summed E-state index contributed by atoms with van der Waals surface area (Å²) in [6.45, 7) is 4.27. The van der Waals surface area contributed by atoms with Gasteiger partial charge in [0.05, 0.1) is 18.6 Å². The lowest BCUT2D eigenvalue weighted by molar-refractivity contribution is -0.123. The van der Waals surface area contributed by atoms with Gasteiger partial charge in [0.15, 0.2) is 18.1 Å². The minimum Gasteiger partial charge on any atom is -0.493 e. The lowest BCUT2D eigenvalue weighted by Gasteiger charge is -2.14. The molecule has 8 nitrogen and oxygen atoms in total. The molecule has 0 radical (unpaired) electrons. The summed E-state index contributed by atoms with van der Waals surface area (Å²) in [5, 5.41) is 2.55. The topological polar surface area (TPSA) is 94.2 Å². The number of rotatable bonds is 11. The fourth-order valence-electron chi connectivity index (χ4n) is 3.94. The average molecular weight is 547 g/mol. The fraction of sp³-hybridized carbons (Fsp3) is 0.233. The van der Waals surface area contributed by atoms with E-state index in [-0.39, 0.29) is 42.7 Å². The van der Waals surface area contributed by atoms with Crippen LogP contribution in [0, 0.1) is 0 Å². The maximum absolute atomic E-state index is 12.8. The number of methoxy groups -OCH3 is 1. The summed E-state index contributed by atoms with van der Waals surface area (Å²) in [4.78, 5) is 39.1. The Bertz CT molecular complexity index is 1370. The van der Waals surface area contributed by atoms with Crippen molar-refractivity contribution in [3.05, 3.63) is 88.8 Å². The van der Waals surface area contributed by atoms with E-state index in [0.717, 1.165) is 28.6 Å². The van der Waals surface area contributed by atoms with Crippen molar-refractivity contribution >= 4 is 40.6 Å². The zero-order valence-corrected chi connectivity index (χ0v) is 22.8. The van der Waals surface area contributed by atoms with Gasteiger partial charge in [-0.25, -0.2) is 0 Å². The van der Waals surface area contributed by atoms with Crippen LogP contribution in [0.1, 0.15) is 30.9 Å². The Balaban J connectivity index is 1.29. The third kappa shape index (κ3) is 7.20. The second-order valence-corrected chi connectivity index (χ2v) is 9.97. The third-order valence-electron chi connectivity index (χ3n) is 5.92. The second kappa shape index (κ2) is 13.0. The largest absolute Gasteiger partial charge is 0.493 e. The van der Waals surface area contributed by atoms with E-state index in [4.69, 9.17) is 14.2 Å². The first-order valence-corrected chi connectivity index (χ1v) is 13.3. The van der Waals surface area contributed by atoms with Crippen molar-refractivity contribution in [3.63, 3.8) is 0 Å². The molecule has 3 aromatic carbocycles. The first-order valence-electron chi connectivity index (χ1n) is 12.5. The summed E-state index contributed by atoms with van der Waals surface area (Å²) in [6, 6.07) is 21.8. The molecule has 0 aromatic heterocycles. The van der Waals surface area contributed by atoms with Crippen molar-refractivity contribution in [2.75, 3.05) is 32.2 Å². The SMILES string of the molecule is COc1ccccc1OCCN1C(=O)S/C(=C\c2ccc(OCC(=O)Nc3ccccc3C(C)C)cc2)C1=O. The molecule has 3 amide bonds. The molecule has 1 N–H and O–H groups in total. The van der Waals surface area contributed by atoms with Crippen LogP contribution in [0.5, 0.6) is 17.2 Å². The van der Waals surface area contributed by atoms with E-state index in [2.05, 4.69) is 19.2 Å². The van der Waals surface area contributed by atoms with Gasteiger partial charge in [-0.3, -0.25) is 19.3 Å². The summed E-state index contributed by atoms with van der Waals surface area (Å²) < 4.78 is 16.6. The van der Waals surface area contributed by atoms with Crippen LogP contribution in [0.3, 0.4) is 0 Å². The Morgan fingerprint density at radius 2 is 1.64 bits per heavy atom. The highest BCUT2D eigenvalue weighted by Crippen LogP contribution is 2.33. The number of ether oxygens (including phenoxy) is 3. The molecule has 39 heavy (non-hydrogen) atoms. The van der Waals surface area contributed by atoms with Gasteiger partial charge in [0.1, 0.15) is 12.4 Å². The number of nitrogens with zero attached hydrogens (tertiary/aromatic N) is 1. The molecule has 1 heterocycles. The minimum atomic E-state index is -0.368. The first kappa shape index (κ1) is 27.8. The molecular formula is C30H30N2O6S. The highest BCUT2D eigenvalue weighted by molar-refractivity contribution is 8.18. The van der Waals surface area contributed by atoms with Crippen molar-refractivity contribution in [2.45, 2.75) is 19.8 Å². The molecule has 1 fully saturated rings. The quantitative estimate of drug-likeness (QED) is 0.297. The van der Waals surface area contributed by atoms with E-state index in [1.54, 1.807) is 49.6 Å².